The highest BCUT2D eigenvalue weighted by Gasteiger charge is 2.12. The van der Waals surface area contributed by atoms with Crippen LogP contribution in [0.3, 0.4) is 0 Å². The molecule has 1 atom stereocenters. The maximum atomic E-state index is 13.4. The van der Waals surface area contributed by atoms with Crippen LogP contribution in [-0.2, 0) is 4.74 Å². The minimum absolute atomic E-state index is 0.0531. The third-order valence-electron chi connectivity index (χ3n) is 1.61. The van der Waals surface area contributed by atoms with Gasteiger partial charge in [0.25, 0.3) is 0 Å². The quantitative estimate of drug-likeness (QED) is 0.788. The van der Waals surface area contributed by atoms with Crippen LogP contribution in [0.15, 0.2) is 21.2 Å². The van der Waals surface area contributed by atoms with Gasteiger partial charge in [0.1, 0.15) is 4.60 Å². The van der Waals surface area contributed by atoms with Crippen molar-refractivity contribution in [3.8, 4) is 0 Å². The molecule has 0 N–H and O–H groups in total. The summed E-state index contributed by atoms with van der Waals surface area (Å²) < 4.78 is 19.8. The summed E-state index contributed by atoms with van der Waals surface area (Å²) in [5.41, 5.74) is 0.383. The monoisotopic (exact) mass is 325 g/mol. The number of halogens is 3. The summed E-state index contributed by atoms with van der Waals surface area (Å²) in [5, 5.41) is 0. The van der Waals surface area contributed by atoms with Crippen molar-refractivity contribution in [2.75, 3.05) is 13.2 Å². The summed E-state index contributed by atoms with van der Waals surface area (Å²) in [5.74, 6) is 0. The van der Waals surface area contributed by atoms with E-state index in [-0.39, 0.29) is 6.61 Å². The second-order valence-electron chi connectivity index (χ2n) is 2.64. The van der Waals surface area contributed by atoms with Crippen LogP contribution < -0.4 is 0 Å². The van der Waals surface area contributed by atoms with E-state index in [2.05, 4.69) is 36.8 Å². The van der Waals surface area contributed by atoms with Gasteiger partial charge in [-0.25, -0.2) is 9.37 Å². The Balaban J connectivity index is 2.70. The first-order valence-electron chi connectivity index (χ1n) is 4.19. The van der Waals surface area contributed by atoms with Gasteiger partial charge in [0.2, 0.25) is 0 Å². The molecule has 1 aromatic heterocycles. The number of hydrogen-bond donors (Lipinski definition) is 0. The fourth-order valence-corrected chi connectivity index (χ4v) is 1.47. The molecule has 0 saturated carbocycles. The average Bonchev–Trinajstić information content (AvgIpc) is 2.18. The molecule has 0 fully saturated rings. The van der Waals surface area contributed by atoms with Crippen LogP contribution in [0.4, 0.5) is 4.39 Å². The van der Waals surface area contributed by atoms with Crippen molar-refractivity contribution in [3.05, 3.63) is 26.9 Å². The van der Waals surface area contributed by atoms with E-state index in [0.29, 0.717) is 16.9 Å². The predicted molar refractivity (Wildman–Crippen MR) is 60.0 cm³/mol. The molecule has 0 bridgehead atoms. The fraction of sp³-hybridized carbons (Fsp3) is 0.444. The Morgan fingerprint density at radius 3 is 2.79 bits per heavy atom. The van der Waals surface area contributed by atoms with E-state index in [4.69, 9.17) is 4.74 Å². The molecule has 0 spiro atoms. The largest absolute Gasteiger partial charge is 0.378 e. The molecule has 5 heteroatoms. The first-order valence-corrected chi connectivity index (χ1v) is 5.77. The molecule has 78 valence electrons. The van der Waals surface area contributed by atoms with Crippen molar-refractivity contribution in [2.24, 2.45) is 0 Å². The molecule has 0 aromatic carbocycles. The van der Waals surface area contributed by atoms with Crippen molar-refractivity contribution in [1.29, 1.82) is 0 Å². The molecule has 0 amide bonds. The molecule has 0 radical (unpaired) electrons. The number of aromatic nitrogens is 1. The van der Waals surface area contributed by atoms with E-state index in [1.807, 2.05) is 6.92 Å². The van der Waals surface area contributed by atoms with Gasteiger partial charge in [-0.2, -0.15) is 0 Å². The molecule has 1 unspecified atom stereocenters. The highest BCUT2D eigenvalue weighted by molar-refractivity contribution is 9.13. The zero-order chi connectivity index (χ0) is 10.6. The van der Waals surface area contributed by atoms with Gasteiger partial charge in [-0.15, -0.1) is 0 Å². The summed E-state index contributed by atoms with van der Waals surface area (Å²) >= 11 is 6.49. The van der Waals surface area contributed by atoms with Crippen molar-refractivity contribution in [3.63, 3.8) is 0 Å². The zero-order valence-electron chi connectivity index (χ0n) is 7.64. The Kier molecular flexibility index (Phi) is 4.98. The summed E-state index contributed by atoms with van der Waals surface area (Å²) in [6, 6.07) is 3.39. The SMILES string of the molecule is CCOCC(F)c1ccc(Br)c(Br)n1. The lowest BCUT2D eigenvalue weighted by atomic mass is 10.2. The van der Waals surface area contributed by atoms with Crippen LogP contribution in [-0.4, -0.2) is 18.2 Å². The van der Waals surface area contributed by atoms with Gasteiger partial charge in [-0.1, -0.05) is 0 Å². The Morgan fingerprint density at radius 2 is 2.21 bits per heavy atom. The van der Waals surface area contributed by atoms with Gasteiger partial charge in [-0.05, 0) is 50.9 Å². The number of rotatable bonds is 4. The normalized spacial score (nSPS) is 12.9. The standard InChI is InChI=1S/C9H10Br2FNO/c1-2-14-5-7(12)8-4-3-6(10)9(11)13-8/h3-4,7H,2,5H2,1H3. The van der Waals surface area contributed by atoms with Crippen LogP contribution in [0.2, 0.25) is 0 Å². The van der Waals surface area contributed by atoms with E-state index in [0.717, 1.165) is 4.47 Å². The minimum atomic E-state index is -1.17. The first kappa shape index (κ1) is 12.1. The number of alkyl halides is 1. The molecular formula is C9H10Br2FNO. The Labute approximate surface area is 99.1 Å². The number of pyridine rings is 1. The van der Waals surface area contributed by atoms with Crippen LogP contribution in [0.25, 0.3) is 0 Å². The fourth-order valence-electron chi connectivity index (χ4n) is 0.912. The smallest absolute Gasteiger partial charge is 0.165 e. The summed E-state index contributed by atoms with van der Waals surface area (Å²) in [7, 11) is 0. The topological polar surface area (TPSA) is 22.1 Å². The molecule has 14 heavy (non-hydrogen) atoms. The van der Waals surface area contributed by atoms with Crippen molar-refractivity contribution < 1.29 is 9.13 Å². The Hall–Kier alpha value is -0.0000000000000000555. The molecular weight excluding hydrogens is 317 g/mol. The molecule has 0 aliphatic rings. The lowest BCUT2D eigenvalue weighted by Crippen LogP contribution is -2.05. The van der Waals surface area contributed by atoms with Gasteiger partial charge in [0.05, 0.1) is 16.8 Å². The van der Waals surface area contributed by atoms with E-state index in [1.165, 1.54) is 0 Å². The summed E-state index contributed by atoms with van der Waals surface area (Å²) in [6.07, 6.45) is -1.17. The highest BCUT2D eigenvalue weighted by atomic mass is 79.9. The average molecular weight is 327 g/mol. The van der Waals surface area contributed by atoms with Gasteiger partial charge in [-0.3, -0.25) is 0 Å². The van der Waals surface area contributed by atoms with Crippen LogP contribution >= 0.6 is 31.9 Å². The van der Waals surface area contributed by atoms with E-state index < -0.39 is 6.17 Å². The van der Waals surface area contributed by atoms with Gasteiger partial charge in [0, 0.05) is 6.61 Å². The van der Waals surface area contributed by atoms with Crippen molar-refractivity contribution in [1.82, 2.24) is 4.98 Å². The van der Waals surface area contributed by atoms with Crippen LogP contribution in [0, 0.1) is 0 Å². The van der Waals surface area contributed by atoms with Gasteiger partial charge < -0.3 is 4.74 Å². The Bertz CT molecular complexity index is 309. The molecule has 0 aliphatic carbocycles. The summed E-state index contributed by atoms with van der Waals surface area (Å²) in [4.78, 5) is 4.04. The summed E-state index contributed by atoms with van der Waals surface area (Å²) in [6.45, 7) is 2.40. The maximum absolute atomic E-state index is 13.4. The number of hydrogen-bond acceptors (Lipinski definition) is 2. The molecule has 0 aliphatic heterocycles. The molecule has 2 nitrogen and oxygen atoms in total. The zero-order valence-corrected chi connectivity index (χ0v) is 10.8. The third kappa shape index (κ3) is 3.29. The van der Waals surface area contributed by atoms with E-state index in [1.54, 1.807) is 12.1 Å². The lowest BCUT2D eigenvalue weighted by Gasteiger charge is -2.08. The third-order valence-corrected chi connectivity index (χ3v) is 3.39. The maximum Gasteiger partial charge on any atom is 0.165 e. The minimum Gasteiger partial charge on any atom is -0.378 e. The van der Waals surface area contributed by atoms with Crippen LogP contribution in [0.5, 0.6) is 0 Å². The van der Waals surface area contributed by atoms with E-state index in [9.17, 15) is 4.39 Å². The van der Waals surface area contributed by atoms with E-state index >= 15 is 0 Å². The Morgan fingerprint density at radius 1 is 1.50 bits per heavy atom. The molecule has 1 rings (SSSR count). The predicted octanol–water partition coefficient (Wildman–Crippen LogP) is 3.65. The van der Waals surface area contributed by atoms with Gasteiger partial charge >= 0.3 is 0 Å². The van der Waals surface area contributed by atoms with Gasteiger partial charge in [0.15, 0.2) is 6.17 Å². The van der Waals surface area contributed by atoms with Crippen molar-refractivity contribution >= 4 is 31.9 Å². The lowest BCUT2D eigenvalue weighted by molar-refractivity contribution is 0.0879. The molecule has 1 heterocycles. The number of nitrogens with zero attached hydrogens (tertiary/aromatic N) is 1. The van der Waals surface area contributed by atoms with Crippen LogP contribution in [0.1, 0.15) is 18.8 Å². The number of ether oxygens (including phenoxy) is 1. The molecule has 0 saturated heterocycles. The highest BCUT2D eigenvalue weighted by Crippen LogP contribution is 2.24. The van der Waals surface area contributed by atoms with Crippen molar-refractivity contribution in [2.45, 2.75) is 13.1 Å². The first-order chi connectivity index (χ1) is 6.65. The molecule has 1 aromatic rings. The second-order valence-corrected chi connectivity index (χ2v) is 4.24. The second kappa shape index (κ2) is 5.78.